The van der Waals surface area contributed by atoms with E-state index in [-0.39, 0.29) is 0 Å². The van der Waals surface area contributed by atoms with E-state index < -0.39 is 0 Å². The fourth-order valence-corrected chi connectivity index (χ4v) is 4.89. The molecule has 0 radical (unpaired) electrons. The van der Waals surface area contributed by atoms with Crippen LogP contribution in [0, 0.1) is 16.7 Å². The summed E-state index contributed by atoms with van der Waals surface area (Å²) in [6.45, 7) is 11.5. The zero-order valence-electron chi connectivity index (χ0n) is 13.9. The fourth-order valence-electron chi connectivity index (χ4n) is 4.89. The number of rotatable bonds is 3. The van der Waals surface area contributed by atoms with E-state index in [4.69, 9.17) is 5.73 Å². The van der Waals surface area contributed by atoms with Crippen LogP contribution in [-0.2, 0) is 0 Å². The molecule has 3 atom stereocenters. The third kappa shape index (κ3) is 2.11. The van der Waals surface area contributed by atoms with Crippen LogP contribution in [-0.4, -0.2) is 16.0 Å². The first-order chi connectivity index (χ1) is 9.75. The van der Waals surface area contributed by atoms with Crippen molar-refractivity contribution in [1.82, 2.24) is 9.97 Å². The molecule has 4 nitrogen and oxygen atoms in total. The predicted molar refractivity (Wildman–Crippen MR) is 87.2 cm³/mol. The Kier molecular flexibility index (Phi) is 3.19. The molecule has 21 heavy (non-hydrogen) atoms. The summed E-state index contributed by atoms with van der Waals surface area (Å²) in [4.78, 5) is 8.67. The van der Waals surface area contributed by atoms with Gasteiger partial charge < -0.3 is 11.1 Å². The SMILES string of the molecule is CC(C)c1c(N)ncnc1NC1C2(C)CCC(C2)C1(C)C. The number of fused-ring (bicyclic) bond motifs is 2. The molecule has 2 aliphatic carbocycles. The van der Waals surface area contributed by atoms with E-state index in [0.717, 1.165) is 17.3 Å². The summed E-state index contributed by atoms with van der Waals surface area (Å²) in [6, 6.07) is 0.454. The Morgan fingerprint density at radius 1 is 1.29 bits per heavy atom. The molecule has 0 saturated heterocycles. The summed E-state index contributed by atoms with van der Waals surface area (Å²) in [7, 11) is 0. The lowest BCUT2D eigenvalue weighted by molar-refractivity contribution is 0.155. The van der Waals surface area contributed by atoms with Gasteiger partial charge in [-0.25, -0.2) is 9.97 Å². The highest BCUT2D eigenvalue weighted by atomic mass is 15.1. The lowest BCUT2D eigenvalue weighted by Gasteiger charge is -2.43. The highest BCUT2D eigenvalue weighted by Crippen LogP contribution is 2.63. The second kappa shape index (κ2) is 4.59. The van der Waals surface area contributed by atoms with Gasteiger partial charge in [-0.15, -0.1) is 0 Å². The summed E-state index contributed by atoms with van der Waals surface area (Å²) < 4.78 is 0. The van der Waals surface area contributed by atoms with Crippen LogP contribution in [0.4, 0.5) is 11.6 Å². The minimum Gasteiger partial charge on any atom is -0.383 e. The third-order valence-electron chi connectivity index (χ3n) is 6.04. The van der Waals surface area contributed by atoms with Crippen molar-refractivity contribution in [3.8, 4) is 0 Å². The summed E-state index contributed by atoms with van der Waals surface area (Å²) in [6.07, 6.45) is 5.59. The molecule has 4 heteroatoms. The quantitative estimate of drug-likeness (QED) is 0.887. The second-order valence-corrected chi connectivity index (χ2v) is 8.17. The molecule has 2 aliphatic rings. The normalized spacial score (nSPS) is 33.6. The summed E-state index contributed by atoms with van der Waals surface area (Å²) in [5.41, 5.74) is 7.82. The van der Waals surface area contributed by atoms with Crippen LogP contribution in [0.25, 0.3) is 0 Å². The average molecular weight is 288 g/mol. The summed E-state index contributed by atoms with van der Waals surface area (Å²) in [5, 5.41) is 3.76. The number of nitrogen functional groups attached to an aromatic ring is 1. The molecule has 0 aromatic carbocycles. The summed E-state index contributed by atoms with van der Waals surface area (Å²) in [5.74, 6) is 2.68. The largest absolute Gasteiger partial charge is 0.383 e. The highest BCUT2D eigenvalue weighted by molar-refractivity contribution is 5.57. The van der Waals surface area contributed by atoms with E-state index in [1.807, 2.05) is 0 Å². The van der Waals surface area contributed by atoms with Crippen molar-refractivity contribution in [2.24, 2.45) is 16.7 Å². The molecular weight excluding hydrogens is 260 g/mol. The molecule has 1 aromatic heterocycles. The summed E-state index contributed by atoms with van der Waals surface area (Å²) >= 11 is 0. The third-order valence-corrected chi connectivity index (χ3v) is 6.04. The molecule has 0 amide bonds. The van der Waals surface area contributed by atoms with Crippen molar-refractivity contribution < 1.29 is 0 Å². The molecule has 3 rings (SSSR count). The van der Waals surface area contributed by atoms with E-state index in [0.29, 0.717) is 28.6 Å². The first-order valence-electron chi connectivity index (χ1n) is 8.12. The van der Waals surface area contributed by atoms with Crippen LogP contribution in [0.5, 0.6) is 0 Å². The fraction of sp³-hybridized carbons (Fsp3) is 0.765. The van der Waals surface area contributed by atoms with Crippen molar-refractivity contribution >= 4 is 11.6 Å². The van der Waals surface area contributed by atoms with Crippen LogP contribution < -0.4 is 11.1 Å². The Morgan fingerprint density at radius 2 is 2.00 bits per heavy atom. The van der Waals surface area contributed by atoms with E-state index in [1.165, 1.54) is 19.3 Å². The van der Waals surface area contributed by atoms with Crippen LogP contribution >= 0.6 is 0 Å². The van der Waals surface area contributed by atoms with Gasteiger partial charge in [-0.05, 0) is 41.9 Å². The van der Waals surface area contributed by atoms with E-state index in [9.17, 15) is 0 Å². The van der Waals surface area contributed by atoms with Gasteiger partial charge in [0.05, 0.1) is 0 Å². The van der Waals surface area contributed by atoms with Crippen molar-refractivity contribution in [2.45, 2.75) is 65.8 Å². The lowest BCUT2D eigenvalue weighted by atomic mass is 9.68. The first kappa shape index (κ1) is 14.6. The number of hydrogen-bond acceptors (Lipinski definition) is 4. The monoisotopic (exact) mass is 288 g/mol. The molecule has 116 valence electrons. The molecule has 2 fully saturated rings. The molecule has 2 bridgehead atoms. The molecule has 1 aromatic rings. The van der Waals surface area contributed by atoms with Crippen molar-refractivity contribution in [3.63, 3.8) is 0 Å². The van der Waals surface area contributed by atoms with Crippen molar-refractivity contribution in [3.05, 3.63) is 11.9 Å². The Morgan fingerprint density at radius 3 is 2.57 bits per heavy atom. The highest BCUT2D eigenvalue weighted by Gasteiger charge is 2.59. The predicted octanol–water partition coefficient (Wildman–Crippen LogP) is 3.81. The van der Waals surface area contributed by atoms with Gasteiger partial charge in [0.2, 0.25) is 0 Å². The molecule has 3 unspecified atom stereocenters. The number of nitrogens with one attached hydrogen (secondary N) is 1. The Bertz CT molecular complexity index is 547. The standard InChI is InChI=1S/C17H28N4/c1-10(2)12-13(18)19-9-20-14(12)21-15-16(3,4)11-6-7-17(15,5)8-11/h9-11,15H,6-8H2,1-5H3,(H3,18,19,20,21). The minimum atomic E-state index is 0.307. The number of hydrogen-bond donors (Lipinski definition) is 2. The van der Waals surface area contributed by atoms with Gasteiger partial charge in [-0.1, -0.05) is 34.6 Å². The maximum Gasteiger partial charge on any atom is 0.135 e. The van der Waals surface area contributed by atoms with Crippen LogP contribution in [0.1, 0.15) is 65.4 Å². The Balaban J connectivity index is 1.96. The van der Waals surface area contributed by atoms with Crippen LogP contribution in [0.3, 0.4) is 0 Å². The molecule has 3 N–H and O–H groups in total. The zero-order chi connectivity index (χ0) is 15.4. The van der Waals surface area contributed by atoms with Crippen LogP contribution in [0.2, 0.25) is 0 Å². The molecule has 1 heterocycles. The van der Waals surface area contributed by atoms with Gasteiger partial charge in [-0.2, -0.15) is 0 Å². The average Bonchev–Trinajstić information content (AvgIpc) is 2.85. The number of nitrogens with zero attached hydrogens (tertiary/aromatic N) is 2. The first-order valence-corrected chi connectivity index (χ1v) is 8.12. The molecule has 2 saturated carbocycles. The van der Waals surface area contributed by atoms with Crippen molar-refractivity contribution in [2.75, 3.05) is 11.1 Å². The smallest absolute Gasteiger partial charge is 0.135 e. The van der Waals surface area contributed by atoms with Crippen molar-refractivity contribution in [1.29, 1.82) is 0 Å². The lowest BCUT2D eigenvalue weighted by Crippen LogP contribution is -2.46. The minimum absolute atomic E-state index is 0.307. The molecule has 0 aliphatic heterocycles. The van der Waals surface area contributed by atoms with E-state index >= 15 is 0 Å². The Hall–Kier alpha value is -1.32. The van der Waals surface area contributed by atoms with Crippen LogP contribution in [0.15, 0.2) is 6.33 Å². The van der Waals surface area contributed by atoms with E-state index in [2.05, 4.69) is 49.9 Å². The van der Waals surface area contributed by atoms with E-state index in [1.54, 1.807) is 6.33 Å². The number of anilines is 2. The Labute approximate surface area is 127 Å². The molecule has 0 spiro atoms. The number of nitrogens with two attached hydrogens (primary N) is 1. The van der Waals surface area contributed by atoms with Gasteiger partial charge in [0, 0.05) is 11.6 Å². The van der Waals surface area contributed by atoms with Gasteiger partial charge in [0.25, 0.3) is 0 Å². The maximum absolute atomic E-state index is 6.08. The topological polar surface area (TPSA) is 63.8 Å². The zero-order valence-corrected chi connectivity index (χ0v) is 13.9. The van der Waals surface area contributed by atoms with Gasteiger partial charge in [0.1, 0.15) is 18.0 Å². The second-order valence-electron chi connectivity index (χ2n) is 8.17. The number of aromatic nitrogens is 2. The maximum atomic E-state index is 6.08. The van der Waals surface area contributed by atoms with Gasteiger partial charge in [-0.3, -0.25) is 0 Å². The van der Waals surface area contributed by atoms with Gasteiger partial charge in [0.15, 0.2) is 0 Å². The van der Waals surface area contributed by atoms with Gasteiger partial charge >= 0.3 is 0 Å². The molecular formula is C17H28N4.